The molecule has 0 aliphatic heterocycles. The molecule has 0 heterocycles. The number of aliphatic carboxylic acids is 1. The second-order valence-corrected chi connectivity index (χ2v) is 7.83. The van der Waals surface area contributed by atoms with Crippen LogP contribution in [0.15, 0.2) is 23.3 Å². The van der Waals surface area contributed by atoms with E-state index in [0.29, 0.717) is 12.8 Å². The molecule has 0 aromatic heterocycles. The molecule has 0 spiro atoms. The van der Waals surface area contributed by atoms with Crippen molar-refractivity contribution in [2.75, 3.05) is 0 Å². The molecule has 1 aliphatic rings. The molecule has 1 rings (SSSR count). The molecule has 20 heavy (non-hydrogen) atoms. The monoisotopic (exact) mass is 280 g/mol. The fraction of sp³-hybridized carbons (Fsp3) is 0.706. The van der Waals surface area contributed by atoms with E-state index < -0.39 is 11.6 Å². The molecule has 114 valence electrons. The minimum atomic E-state index is -0.873. The summed E-state index contributed by atoms with van der Waals surface area (Å²) in [6, 6.07) is 0. The summed E-state index contributed by atoms with van der Waals surface area (Å²) in [5.74, 6) is -0.782. The number of hydrogen-bond acceptors (Lipinski definition) is 2. The number of carboxylic acid groups (broad SMARTS) is 1. The summed E-state index contributed by atoms with van der Waals surface area (Å²) in [4.78, 5) is 10.8. The highest BCUT2D eigenvalue weighted by Gasteiger charge is 2.42. The number of carboxylic acids is 1. The van der Waals surface area contributed by atoms with E-state index in [-0.39, 0.29) is 17.3 Å². The van der Waals surface area contributed by atoms with Crippen LogP contribution in [0.25, 0.3) is 0 Å². The van der Waals surface area contributed by atoms with E-state index in [1.54, 1.807) is 0 Å². The van der Waals surface area contributed by atoms with Crippen molar-refractivity contribution in [1.29, 1.82) is 0 Å². The van der Waals surface area contributed by atoms with Crippen molar-refractivity contribution in [2.45, 2.75) is 66.4 Å². The van der Waals surface area contributed by atoms with Gasteiger partial charge in [-0.2, -0.15) is 0 Å². The van der Waals surface area contributed by atoms with Gasteiger partial charge in [-0.25, -0.2) is 0 Å². The highest BCUT2D eigenvalue weighted by atomic mass is 16.4. The van der Waals surface area contributed by atoms with Gasteiger partial charge in [0.25, 0.3) is 0 Å². The summed E-state index contributed by atoms with van der Waals surface area (Å²) in [7, 11) is 0. The van der Waals surface area contributed by atoms with Crippen molar-refractivity contribution in [3.05, 3.63) is 23.3 Å². The van der Waals surface area contributed by atoms with Gasteiger partial charge in [-0.05, 0) is 22.8 Å². The first-order valence-corrected chi connectivity index (χ1v) is 7.23. The Kier molecular flexibility index (Phi) is 4.55. The third-order valence-corrected chi connectivity index (χ3v) is 4.21. The van der Waals surface area contributed by atoms with Gasteiger partial charge in [0.05, 0.1) is 5.60 Å². The van der Waals surface area contributed by atoms with E-state index in [4.69, 9.17) is 5.11 Å². The van der Waals surface area contributed by atoms with Crippen LogP contribution in [-0.4, -0.2) is 21.8 Å². The molecule has 3 nitrogen and oxygen atoms in total. The van der Waals surface area contributed by atoms with Gasteiger partial charge in [0.1, 0.15) is 0 Å². The molecule has 3 heteroatoms. The van der Waals surface area contributed by atoms with E-state index in [1.165, 1.54) is 5.57 Å². The maximum atomic E-state index is 10.9. The van der Waals surface area contributed by atoms with Gasteiger partial charge in [0, 0.05) is 12.8 Å². The Bertz CT molecular complexity index is 444. The van der Waals surface area contributed by atoms with Gasteiger partial charge in [-0.15, -0.1) is 0 Å². The highest BCUT2D eigenvalue weighted by Crippen LogP contribution is 2.46. The Hall–Kier alpha value is -1.09. The molecular formula is C17H28O3. The summed E-state index contributed by atoms with van der Waals surface area (Å²) >= 11 is 0. The molecular weight excluding hydrogens is 252 g/mol. The van der Waals surface area contributed by atoms with Gasteiger partial charge in [0.2, 0.25) is 0 Å². The molecule has 1 unspecified atom stereocenters. The molecule has 1 aliphatic carbocycles. The smallest absolute Gasteiger partial charge is 0.303 e. The summed E-state index contributed by atoms with van der Waals surface area (Å²) in [6.45, 7) is 12.4. The maximum Gasteiger partial charge on any atom is 0.303 e. The van der Waals surface area contributed by atoms with Crippen LogP contribution in [0, 0.1) is 10.8 Å². The lowest BCUT2D eigenvalue weighted by Gasteiger charge is -2.44. The molecule has 0 saturated carbocycles. The second kappa shape index (κ2) is 5.36. The second-order valence-electron chi connectivity index (χ2n) is 7.83. The summed E-state index contributed by atoms with van der Waals surface area (Å²) in [6.07, 6.45) is 5.01. The molecule has 1 atom stereocenters. The zero-order valence-corrected chi connectivity index (χ0v) is 13.6. The average molecular weight is 280 g/mol. The van der Waals surface area contributed by atoms with E-state index in [9.17, 15) is 9.90 Å². The number of aliphatic hydroxyl groups is 1. The molecule has 0 aromatic rings. The fourth-order valence-electron chi connectivity index (χ4n) is 2.52. The van der Waals surface area contributed by atoms with Crippen molar-refractivity contribution in [3.63, 3.8) is 0 Å². The van der Waals surface area contributed by atoms with Crippen molar-refractivity contribution >= 4 is 5.97 Å². The van der Waals surface area contributed by atoms with Crippen molar-refractivity contribution in [2.24, 2.45) is 10.8 Å². The zero-order chi connectivity index (χ0) is 15.8. The molecule has 0 bridgehead atoms. The molecule has 0 fully saturated rings. The standard InChI is InChI=1S/C17H28O3/c1-15(2,3)13-11-17(20,16(4,5)6)10-9-12(13)7-8-14(18)19/h9-10,20H,7-8,11H2,1-6H3,(H,18,19). The van der Waals surface area contributed by atoms with E-state index >= 15 is 0 Å². The Balaban J connectivity index is 3.14. The molecule has 0 amide bonds. The molecule has 0 saturated heterocycles. The average Bonchev–Trinajstić information content (AvgIpc) is 2.24. The minimum Gasteiger partial charge on any atom is -0.481 e. The number of rotatable bonds is 3. The Morgan fingerprint density at radius 1 is 1.25 bits per heavy atom. The van der Waals surface area contributed by atoms with Crippen LogP contribution in [0.4, 0.5) is 0 Å². The Morgan fingerprint density at radius 3 is 2.20 bits per heavy atom. The quantitative estimate of drug-likeness (QED) is 0.823. The normalized spacial score (nSPS) is 24.1. The molecule has 0 aromatic carbocycles. The van der Waals surface area contributed by atoms with Crippen LogP contribution in [0.3, 0.4) is 0 Å². The van der Waals surface area contributed by atoms with Gasteiger partial charge in [-0.3, -0.25) is 4.79 Å². The van der Waals surface area contributed by atoms with Crippen LogP contribution in [0.2, 0.25) is 0 Å². The van der Waals surface area contributed by atoms with Crippen LogP contribution in [0.5, 0.6) is 0 Å². The lowest BCUT2D eigenvalue weighted by molar-refractivity contribution is -0.136. The first-order valence-electron chi connectivity index (χ1n) is 7.23. The van der Waals surface area contributed by atoms with Crippen molar-refractivity contribution in [1.82, 2.24) is 0 Å². The van der Waals surface area contributed by atoms with Gasteiger partial charge in [-0.1, -0.05) is 59.3 Å². The third kappa shape index (κ3) is 3.72. The SMILES string of the molecule is CC(C)(C)C1=C(CCC(=O)O)C=CC(O)(C(C)(C)C)C1. The minimum absolute atomic E-state index is 0.0716. The first kappa shape index (κ1) is 17.0. The van der Waals surface area contributed by atoms with E-state index in [0.717, 1.165) is 5.57 Å². The molecule has 0 radical (unpaired) electrons. The molecule has 2 N–H and O–H groups in total. The summed E-state index contributed by atoms with van der Waals surface area (Å²) in [5.41, 5.74) is 1.03. The van der Waals surface area contributed by atoms with Crippen LogP contribution < -0.4 is 0 Å². The maximum absolute atomic E-state index is 10.9. The largest absolute Gasteiger partial charge is 0.481 e. The number of carbonyl (C=O) groups is 1. The number of allylic oxidation sites excluding steroid dienone is 2. The summed E-state index contributed by atoms with van der Waals surface area (Å²) in [5, 5.41) is 19.8. The van der Waals surface area contributed by atoms with Crippen LogP contribution >= 0.6 is 0 Å². The van der Waals surface area contributed by atoms with E-state index in [2.05, 4.69) is 20.8 Å². The lowest BCUT2D eigenvalue weighted by Crippen LogP contribution is -2.44. The Labute approximate surface area is 122 Å². The number of hydrogen-bond donors (Lipinski definition) is 2. The van der Waals surface area contributed by atoms with Crippen molar-refractivity contribution < 1.29 is 15.0 Å². The topological polar surface area (TPSA) is 57.5 Å². The predicted molar refractivity (Wildman–Crippen MR) is 81.5 cm³/mol. The lowest BCUT2D eigenvalue weighted by atomic mass is 9.65. The van der Waals surface area contributed by atoms with Gasteiger partial charge < -0.3 is 10.2 Å². The third-order valence-electron chi connectivity index (χ3n) is 4.21. The Morgan fingerprint density at radius 2 is 1.80 bits per heavy atom. The van der Waals surface area contributed by atoms with E-state index in [1.807, 2.05) is 32.9 Å². The van der Waals surface area contributed by atoms with Gasteiger partial charge in [0.15, 0.2) is 0 Å². The highest BCUT2D eigenvalue weighted by molar-refractivity contribution is 5.67. The van der Waals surface area contributed by atoms with Crippen molar-refractivity contribution in [3.8, 4) is 0 Å². The fourth-order valence-corrected chi connectivity index (χ4v) is 2.52. The van der Waals surface area contributed by atoms with Crippen LogP contribution in [0.1, 0.15) is 60.8 Å². The zero-order valence-electron chi connectivity index (χ0n) is 13.6. The van der Waals surface area contributed by atoms with Crippen LogP contribution in [-0.2, 0) is 4.79 Å². The first-order chi connectivity index (χ1) is 8.87. The predicted octanol–water partition coefficient (Wildman–Crippen LogP) is 3.93. The summed E-state index contributed by atoms with van der Waals surface area (Å²) < 4.78 is 0. The van der Waals surface area contributed by atoms with Gasteiger partial charge >= 0.3 is 5.97 Å².